The molecule has 0 aromatic heterocycles. The highest BCUT2D eigenvalue weighted by atomic mass is 16.5. The number of benzene rings is 1. The molecule has 0 aliphatic heterocycles. The van der Waals surface area contributed by atoms with Crippen molar-refractivity contribution in [2.75, 3.05) is 13.7 Å². The summed E-state index contributed by atoms with van der Waals surface area (Å²) in [5, 5.41) is 2.58. The second-order valence-electron chi connectivity index (χ2n) is 3.98. The third-order valence-electron chi connectivity index (χ3n) is 2.50. The average molecular weight is 236 g/mol. The molecule has 0 saturated carbocycles. The zero-order valence-corrected chi connectivity index (χ0v) is 10.4. The number of hydrogen-bond acceptors (Lipinski definition) is 3. The Balaban J connectivity index is 2.30. The Morgan fingerprint density at radius 3 is 2.59 bits per heavy atom. The van der Waals surface area contributed by atoms with Crippen LogP contribution in [0, 0.1) is 0 Å². The molecule has 1 aromatic rings. The van der Waals surface area contributed by atoms with Gasteiger partial charge in [-0.05, 0) is 31.0 Å². The van der Waals surface area contributed by atoms with Crippen LogP contribution in [0.4, 0.5) is 0 Å². The highest BCUT2D eigenvalue weighted by Crippen LogP contribution is 2.16. The van der Waals surface area contributed by atoms with Gasteiger partial charge in [0.1, 0.15) is 5.75 Å². The van der Waals surface area contributed by atoms with Crippen LogP contribution in [0.1, 0.15) is 31.4 Å². The predicted octanol–water partition coefficient (Wildman–Crippen LogP) is 1.61. The van der Waals surface area contributed by atoms with Crippen LogP contribution >= 0.6 is 0 Å². The fraction of sp³-hybridized carbons (Fsp3) is 0.462. The Morgan fingerprint density at radius 1 is 1.41 bits per heavy atom. The molecular formula is C13H20N2O2. The van der Waals surface area contributed by atoms with E-state index in [4.69, 9.17) is 10.5 Å². The highest BCUT2D eigenvalue weighted by Gasteiger charge is 2.00. The SMILES string of the molecule is CNC(=O)CCCOc1ccc(C(C)N)cc1. The fourth-order valence-corrected chi connectivity index (χ4v) is 1.42. The molecule has 4 heteroatoms. The molecule has 0 heterocycles. The molecule has 17 heavy (non-hydrogen) atoms. The van der Waals surface area contributed by atoms with Gasteiger partial charge in [-0.2, -0.15) is 0 Å². The first-order chi connectivity index (χ1) is 8.13. The zero-order valence-electron chi connectivity index (χ0n) is 10.4. The van der Waals surface area contributed by atoms with E-state index in [1.165, 1.54) is 0 Å². The summed E-state index contributed by atoms with van der Waals surface area (Å²) in [5.74, 6) is 0.854. The maximum Gasteiger partial charge on any atom is 0.219 e. The summed E-state index contributed by atoms with van der Waals surface area (Å²) in [6.45, 7) is 2.49. The maximum absolute atomic E-state index is 11.0. The largest absolute Gasteiger partial charge is 0.494 e. The van der Waals surface area contributed by atoms with E-state index in [-0.39, 0.29) is 11.9 Å². The lowest BCUT2D eigenvalue weighted by molar-refractivity contribution is -0.120. The minimum atomic E-state index is 0.0392. The highest BCUT2D eigenvalue weighted by molar-refractivity contribution is 5.75. The van der Waals surface area contributed by atoms with Crippen molar-refractivity contribution in [3.63, 3.8) is 0 Å². The second kappa shape index (κ2) is 6.91. The first kappa shape index (κ1) is 13.5. The van der Waals surface area contributed by atoms with Gasteiger partial charge in [0.2, 0.25) is 5.91 Å². The van der Waals surface area contributed by atoms with Crippen LogP contribution < -0.4 is 15.8 Å². The molecule has 0 aliphatic carbocycles. The van der Waals surface area contributed by atoms with Crippen LogP contribution in [0.25, 0.3) is 0 Å². The van der Waals surface area contributed by atoms with Gasteiger partial charge in [0.05, 0.1) is 6.61 Å². The summed E-state index contributed by atoms with van der Waals surface area (Å²) in [6, 6.07) is 7.76. The van der Waals surface area contributed by atoms with Crippen LogP contribution in [-0.4, -0.2) is 19.6 Å². The summed E-state index contributed by atoms with van der Waals surface area (Å²) >= 11 is 0. The van der Waals surface area contributed by atoms with Crippen molar-refractivity contribution in [1.82, 2.24) is 5.32 Å². The molecule has 1 unspecified atom stereocenters. The van der Waals surface area contributed by atoms with Crippen LogP contribution in [0.2, 0.25) is 0 Å². The summed E-state index contributed by atoms with van der Waals surface area (Å²) in [7, 11) is 1.63. The molecule has 0 bridgehead atoms. The Hall–Kier alpha value is -1.55. The summed E-state index contributed by atoms with van der Waals surface area (Å²) < 4.78 is 5.51. The molecule has 4 nitrogen and oxygen atoms in total. The molecule has 0 aliphatic rings. The van der Waals surface area contributed by atoms with E-state index in [1.54, 1.807) is 7.05 Å². The molecule has 1 atom stereocenters. The third-order valence-corrected chi connectivity index (χ3v) is 2.50. The van der Waals surface area contributed by atoms with Crippen molar-refractivity contribution in [1.29, 1.82) is 0 Å². The lowest BCUT2D eigenvalue weighted by Gasteiger charge is -2.08. The van der Waals surface area contributed by atoms with Crippen LogP contribution in [0.5, 0.6) is 5.75 Å². The number of amides is 1. The van der Waals surface area contributed by atoms with Gasteiger partial charge in [-0.3, -0.25) is 4.79 Å². The number of nitrogens with two attached hydrogens (primary N) is 1. The van der Waals surface area contributed by atoms with Crippen molar-refractivity contribution in [2.24, 2.45) is 5.73 Å². The number of ether oxygens (including phenoxy) is 1. The Kier molecular flexibility index (Phi) is 5.49. The molecule has 0 fully saturated rings. The van der Waals surface area contributed by atoms with Crippen LogP contribution in [-0.2, 0) is 4.79 Å². The average Bonchev–Trinajstić information content (AvgIpc) is 2.34. The monoisotopic (exact) mass is 236 g/mol. The number of nitrogens with one attached hydrogen (secondary N) is 1. The van der Waals surface area contributed by atoms with E-state index in [9.17, 15) is 4.79 Å². The Bertz CT molecular complexity index is 347. The Morgan fingerprint density at radius 2 is 2.06 bits per heavy atom. The normalized spacial score (nSPS) is 11.9. The van der Waals surface area contributed by atoms with Crippen molar-refractivity contribution in [2.45, 2.75) is 25.8 Å². The summed E-state index contributed by atoms with van der Waals surface area (Å²) in [4.78, 5) is 11.0. The van der Waals surface area contributed by atoms with Crippen LogP contribution in [0.15, 0.2) is 24.3 Å². The summed E-state index contributed by atoms with van der Waals surface area (Å²) in [5.41, 5.74) is 6.83. The summed E-state index contributed by atoms with van der Waals surface area (Å²) in [6.07, 6.45) is 1.21. The smallest absolute Gasteiger partial charge is 0.219 e. The fourth-order valence-electron chi connectivity index (χ4n) is 1.42. The number of rotatable bonds is 6. The molecular weight excluding hydrogens is 216 g/mol. The topological polar surface area (TPSA) is 64.3 Å². The zero-order chi connectivity index (χ0) is 12.7. The lowest BCUT2D eigenvalue weighted by Crippen LogP contribution is -2.18. The lowest BCUT2D eigenvalue weighted by atomic mass is 10.1. The standard InChI is InChI=1S/C13H20N2O2/c1-10(14)11-5-7-12(8-6-11)17-9-3-4-13(16)15-2/h5-8,10H,3-4,9,14H2,1-2H3,(H,15,16). The van der Waals surface area contributed by atoms with Crippen molar-refractivity contribution < 1.29 is 9.53 Å². The van der Waals surface area contributed by atoms with Gasteiger partial charge >= 0.3 is 0 Å². The van der Waals surface area contributed by atoms with Crippen molar-refractivity contribution >= 4 is 5.91 Å². The van der Waals surface area contributed by atoms with Gasteiger partial charge in [0.25, 0.3) is 0 Å². The molecule has 3 N–H and O–H groups in total. The minimum Gasteiger partial charge on any atom is -0.494 e. The third kappa shape index (κ3) is 4.87. The van der Waals surface area contributed by atoms with Gasteiger partial charge in [-0.1, -0.05) is 12.1 Å². The van der Waals surface area contributed by atoms with Crippen molar-refractivity contribution in [3.8, 4) is 5.75 Å². The molecule has 1 rings (SSSR count). The number of hydrogen-bond donors (Lipinski definition) is 2. The number of carbonyl (C=O) groups is 1. The predicted molar refractivity (Wildman–Crippen MR) is 67.8 cm³/mol. The van der Waals surface area contributed by atoms with E-state index in [2.05, 4.69) is 5.32 Å². The first-order valence-electron chi connectivity index (χ1n) is 5.82. The minimum absolute atomic E-state index is 0.0392. The molecule has 0 radical (unpaired) electrons. The maximum atomic E-state index is 11.0. The molecule has 1 aromatic carbocycles. The van der Waals surface area contributed by atoms with Gasteiger partial charge < -0.3 is 15.8 Å². The van der Waals surface area contributed by atoms with Gasteiger partial charge in [0, 0.05) is 19.5 Å². The van der Waals surface area contributed by atoms with E-state index < -0.39 is 0 Å². The molecule has 1 amide bonds. The van der Waals surface area contributed by atoms with Gasteiger partial charge in [-0.25, -0.2) is 0 Å². The van der Waals surface area contributed by atoms with Crippen LogP contribution in [0.3, 0.4) is 0 Å². The van der Waals surface area contributed by atoms with Gasteiger partial charge in [0.15, 0.2) is 0 Å². The van der Waals surface area contributed by atoms with E-state index in [1.807, 2.05) is 31.2 Å². The molecule has 94 valence electrons. The van der Waals surface area contributed by atoms with E-state index in [0.717, 1.165) is 11.3 Å². The van der Waals surface area contributed by atoms with E-state index >= 15 is 0 Å². The quantitative estimate of drug-likeness (QED) is 0.737. The second-order valence-corrected chi connectivity index (χ2v) is 3.98. The number of carbonyl (C=O) groups excluding carboxylic acids is 1. The first-order valence-corrected chi connectivity index (χ1v) is 5.82. The Labute approximate surface area is 102 Å². The molecule has 0 saturated heterocycles. The van der Waals surface area contributed by atoms with Gasteiger partial charge in [-0.15, -0.1) is 0 Å². The van der Waals surface area contributed by atoms with E-state index in [0.29, 0.717) is 19.4 Å². The molecule has 0 spiro atoms. The van der Waals surface area contributed by atoms with Crippen molar-refractivity contribution in [3.05, 3.63) is 29.8 Å².